The summed E-state index contributed by atoms with van der Waals surface area (Å²) in [6, 6.07) is 5.80. The van der Waals surface area contributed by atoms with Crippen LogP contribution < -0.4 is 10.4 Å². The minimum atomic E-state index is -1.24. The zero-order valence-electron chi connectivity index (χ0n) is 12.0. The molecule has 0 bridgehead atoms. The minimum absolute atomic E-state index is 0.0588. The molecule has 2 rings (SSSR count). The topological polar surface area (TPSA) is 69.2 Å². The van der Waals surface area contributed by atoms with Crippen LogP contribution in [0, 0.1) is 17.7 Å². The monoisotopic (exact) mass is 290 g/mol. The largest absolute Gasteiger partial charge is 0.550 e. The number of carboxylic acids is 1. The molecule has 0 aromatic heterocycles. The molecule has 0 heterocycles. The lowest BCUT2D eigenvalue weighted by atomic mass is 9.76. The van der Waals surface area contributed by atoms with Crippen LogP contribution in [0.3, 0.4) is 0 Å². The molecule has 112 valence electrons. The molecular formula is C16H17FNO3-. The van der Waals surface area contributed by atoms with Crippen molar-refractivity contribution >= 4 is 17.6 Å². The van der Waals surface area contributed by atoms with E-state index >= 15 is 0 Å². The molecule has 2 atom stereocenters. The van der Waals surface area contributed by atoms with Crippen molar-refractivity contribution in [2.75, 3.05) is 5.32 Å². The summed E-state index contributed by atoms with van der Waals surface area (Å²) in [5, 5.41) is 13.7. The molecule has 5 heteroatoms. The molecule has 0 saturated carbocycles. The molecule has 0 radical (unpaired) electrons. The van der Waals surface area contributed by atoms with Crippen LogP contribution in [-0.4, -0.2) is 11.9 Å². The van der Waals surface area contributed by atoms with Crippen LogP contribution in [0.1, 0.15) is 26.7 Å². The predicted molar refractivity (Wildman–Crippen MR) is 74.6 cm³/mol. The van der Waals surface area contributed by atoms with Crippen LogP contribution in [0.2, 0.25) is 0 Å². The van der Waals surface area contributed by atoms with E-state index in [1.807, 2.05) is 13.8 Å². The van der Waals surface area contributed by atoms with Gasteiger partial charge in [0.2, 0.25) is 5.91 Å². The van der Waals surface area contributed by atoms with Crippen molar-refractivity contribution in [2.45, 2.75) is 26.7 Å². The van der Waals surface area contributed by atoms with Crippen LogP contribution in [0.25, 0.3) is 0 Å². The molecule has 0 unspecified atom stereocenters. The number of halogens is 1. The summed E-state index contributed by atoms with van der Waals surface area (Å²) in [5.74, 6) is -3.88. The Bertz CT molecular complexity index is 609. The number of nitrogens with one attached hydrogen (secondary N) is 1. The van der Waals surface area contributed by atoms with Gasteiger partial charge in [0, 0.05) is 11.9 Å². The van der Waals surface area contributed by atoms with Gasteiger partial charge in [0.15, 0.2) is 0 Å². The molecule has 1 aromatic rings. The summed E-state index contributed by atoms with van der Waals surface area (Å²) < 4.78 is 13.6. The van der Waals surface area contributed by atoms with E-state index in [2.05, 4.69) is 5.32 Å². The number of para-hydroxylation sites is 1. The highest BCUT2D eigenvalue weighted by molar-refractivity contribution is 5.95. The number of carbonyl (C=O) groups is 2. The highest BCUT2D eigenvalue weighted by atomic mass is 19.1. The van der Waals surface area contributed by atoms with Crippen LogP contribution in [0.5, 0.6) is 0 Å². The van der Waals surface area contributed by atoms with Gasteiger partial charge >= 0.3 is 0 Å². The summed E-state index contributed by atoms with van der Waals surface area (Å²) >= 11 is 0. The number of rotatable bonds is 3. The van der Waals surface area contributed by atoms with Gasteiger partial charge in [-0.3, -0.25) is 4.79 Å². The standard InChI is InChI=1S/C16H18FNO3/c1-9-7-11(12(16(20)21)8-10(9)2)15(19)18-14-6-4-3-5-13(14)17/h3-6,11-12H,7-8H2,1-2H3,(H,18,19)(H,20,21)/p-1/t11-,12+/m1/s1. The van der Waals surface area contributed by atoms with E-state index in [9.17, 15) is 19.1 Å². The number of benzene rings is 1. The molecule has 21 heavy (non-hydrogen) atoms. The molecule has 1 aliphatic rings. The second-order valence-corrected chi connectivity index (χ2v) is 5.47. The van der Waals surface area contributed by atoms with Crippen LogP contribution in [0.4, 0.5) is 10.1 Å². The maximum absolute atomic E-state index is 13.6. The Morgan fingerprint density at radius 2 is 1.71 bits per heavy atom. The maximum Gasteiger partial charge on any atom is 0.228 e. The van der Waals surface area contributed by atoms with E-state index < -0.39 is 29.5 Å². The highest BCUT2D eigenvalue weighted by Gasteiger charge is 2.33. The number of hydrogen-bond donors (Lipinski definition) is 1. The molecule has 4 nitrogen and oxygen atoms in total. The SMILES string of the molecule is CC1=C(C)C[C@@H](C(=O)Nc2ccccc2F)[C@@H](C(=O)[O-])C1. The van der Waals surface area contributed by atoms with E-state index in [0.29, 0.717) is 12.8 Å². The van der Waals surface area contributed by atoms with Gasteiger partial charge in [0.25, 0.3) is 0 Å². The van der Waals surface area contributed by atoms with Crippen molar-refractivity contribution in [1.29, 1.82) is 0 Å². The predicted octanol–water partition coefficient (Wildman–Crippen LogP) is 1.88. The van der Waals surface area contributed by atoms with E-state index in [-0.39, 0.29) is 5.69 Å². The first-order chi connectivity index (χ1) is 9.90. The molecule has 1 aliphatic carbocycles. The first kappa shape index (κ1) is 15.2. The normalized spacial score (nSPS) is 22.0. The second kappa shape index (κ2) is 6.08. The molecule has 0 saturated heterocycles. The second-order valence-electron chi connectivity index (χ2n) is 5.47. The summed E-state index contributed by atoms with van der Waals surface area (Å²) in [6.07, 6.45) is 0.647. The van der Waals surface area contributed by atoms with Crippen LogP contribution in [-0.2, 0) is 9.59 Å². The average molecular weight is 290 g/mol. The maximum atomic E-state index is 13.6. The zero-order valence-corrected chi connectivity index (χ0v) is 12.0. The summed E-state index contributed by atoms with van der Waals surface area (Å²) in [7, 11) is 0. The third-order valence-electron chi connectivity index (χ3n) is 4.04. The van der Waals surface area contributed by atoms with Crippen LogP contribution in [0.15, 0.2) is 35.4 Å². The van der Waals surface area contributed by atoms with Crippen molar-refractivity contribution < 1.29 is 19.1 Å². The van der Waals surface area contributed by atoms with Gasteiger partial charge in [-0.15, -0.1) is 0 Å². The van der Waals surface area contributed by atoms with Crippen molar-refractivity contribution in [2.24, 2.45) is 11.8 Å². The molecule has 0 aliphatic heterocycles. The number of amides is 1. The summed E-state index contributed by atoms with van der Waals surface area (Å²) in [5.41, 5.74) is 2.03. The third kappa shape index (κ3) is 3.29. The van der Waals surface area contributed by atoms with Gasteiger partial charge in [-0.2, -0.15) is 0 Å². The van der Waals surface area contributed by atoms with Gasteiger partial charge in [0.1, 0.15) is 5.82 Å². The Balaban J connectivity index is 2.21. The first-order valence-electron chi connectivity index (χ1n) is 6.81. The average Bonchev–Trinajstić information content (AvgIpc) is 2.43. The number of anilines is 1. The number of hydrogen-bond acceptors (Lipinski definition) is 3. The van der Waals surface area contributed by atoms with Crippen molar-refractivity contribution in [3.05, 3.63) is 41.2 Å². The van der Waals surface area contributed by atoms with Crippen molar-refractivity contribution in [3.8, 4) is 0 Å². The van der Waals surface area contributed by atoms with E-state index in [1.165, 1.54) is 18.2 Å². The molecule has 0 fully saturated rings. The highest BCUT2D eigenvalue weighted by Crippen LogP contribution is 2.34. The quantitative estimate of drug-likeness (QED) is 0.864. The van der Waals surface area contributed by atoms with Gasteiger partial charge in [-0.1, -0.05) is 23.3 Å². The Morgan fingerprint density at radius 1 is 1.14 bits per heavy atom. The number of allylic oxidation sites excluding steroid dienone is 2. The third-order valence-corrected chi connectivity index (χ3v) is 4.04. The van der Waals surface area contributed by atoms with Gasteiger partial charge in [0.05, 0.1) is 11.6 Å². The number of carbonyl (C=O) groups excluding carboxylic acids is 2. The lowest BCUT2D eigenvalue weighted by Gasteiger charge is -2.32. The fourth-order valence-corrected chi connectivity index (χ4v) is 2.60. The Morgan fingerprint density at radius 3 is 2.29 bits per heavy atom. The van der Waals surface area contributed by atoms with Crippen molar-refractivity contribution in [1.82, 2.24) is 0 Å². The summed E-state index contributed by atoms with van der Waals surface area (Å²) in [6.45, 7) is 3.74. The first-order valence-corrected chi connectivity index (χ1v) is 6.81. The number of carboxylic acid groups (broad SMARTS) is 1. The lowest BCUT2D eigenvalue weighted by molar-refractivity contribution is -0.313. The smallest absolute Gasteiger partial charge is 0.228 e. The van der Waals surface area contributed by atoms with Crippen molar-refractivity contribution in [3.63, 3.8) is 0 Å². The van der Waals surface area contributed by atoms with Gasteiger partial charge < -0.3 is 15.2 Å². The fourth-order valence-electron chi connectivity index (χ4n) is 2.60. The van der Waals surface area contributed by atoms with Gasteiger partial charge in [-0.05, 0) is 38.8 Å². The molecule has 1 amide bonds. The number of aliphatic carboxylic acids is 1. The molecular weight excluding hydrogens is 273 g/mol. The molecule has 1 aromatic carbocycles. The van der Waals surface area contributed by atoms with Gasteiger partial charge in [-0.25, -0.2) is 4.39 Å². The molecule has 0 spiro atoms. The minimum Gasteiger partial charge on any atom is -0.550 e. The lowest BCUT2D eigenvalue weighted by Crippen LogP contribution is -2.42. The fraction of sp³-hybridized carbons (Fsp3) is 0.375. The Kier molecular flexibility index (Phi) is 4.40. The van der Waals surface area contributed by atoms with E-state index in [0.717, 1.165) is 11.1 Å². The Labute approximate surface area is 122 Å². The zero-order chi connectivity index (χ0) is 15.6. The van der Waals surface area contributed by atoms with E-state index in [1.54, 1.807) is 6.07 Å². The summed E-state index contributed by atoms with van der Waals surface area (Å²) in [4.78, 5) is 23.5. The molecule has 1 N–H and O–H groups in total. The van der Waals surface area contributed by atoms with E-state index in [4.69, 9.17) is 0 Å². The van der Waals surface area contributed by atoms with Crippen LogP contribution >= 0.6 is 0 Å². The Hall–Kier alpha value is -2.17.